The number of aliphatic hydroxyl groups is 1. The number of hydrogen-bond acceptors (Lipinski definition) is 4. The largest absolute Gasteiger partial charge is 0.394 e. The van der Waals surface area contributed by atoms with Crippen molar-refractivity contribution in [3.63, 3.8) is 0 Å². The van der Waals surface area contributed by atoms with Crippen LogP contribution in [0.1, 0.15) is 18.4 Å². The molecule has 1 saturated heterocycles. The number of aliphatic hydroxyl groups excluding tert-OH is 1. The van der Waals surface area contributed by atoms with E-state index in [4.69, 9.17) is 26.7 Å². The van der Waals surface area contributed by atoms with Gasteiger partial charge in [-0.2, -0.15) is 5.26 Å². The third-order valence-electron chi connectivity index (χ3n) is 3.31. The van der Waals surface area contributed by atoms with Gasteiger partial charge in [0.1, 0.15) is 6.07 Å². The molecule has 0 atom stereocenters. The van der Waals surface area contributed by atoms with Crippen LogP contribution in [0.3, 0.4) is 0 Å². The van der Waals surface area contributed by atoms with Gasteiger partial charge in [-0.1, -0.05) is 11.6 Å². The lowest BCUT2D eigenvalue weighted by Gasteiger charge is -2.34. The van der Waals surface area contributed by atoms with E-state index < -0.39 is 0 Å². The second-order valence-corrected chi connectivity index (χ2v) is 4.99. The minimum atomic E-state index is 0.0626. The van der Waals surface area contributed by atoms with Crippen LogP contribution in [-0.4, -0.2) is 37.5 Å². The molecular formula is C14H17ClN2O2. The Morgan fingerprint density at radius 2 is 2.16 bits per heavy atom. The van der Waals surface area contributed by atoms with Gasteiger partial charge in [0.15, 0.2) is 0 Å². The summed E-state index contributed by atoms with van der Waals surface area (Å²) < 4.78 is 5.53. The maximum absolute atomic E-state index is 9.14. The average Bonchev–Trinajstić information content (AvgIpc) is 2.45. The van der Waals surface area contributed by atoms with Crippen LogP contribution in [0, 0.1) is 11.3 Å². The van der Waals surface area contributed by atoms with Crippen LogP contribution in [0.15, 0.2) is 18.2 Å². The highest BCUT2D eigenvalue weighted by molar-refractivity contribution is 6.30. The van der Waals surface area contributed by atoms with E-state index >= 15 is 0 Å². The van der Waals surface area contributed by atoms with Crippen molar-refractivity contribution in [1.82, 2.24) is 0 Å². The van der Waals surface area contributed by atoms with E-state index in [-0.39, 0.29) is 12.7 Å². The van der Waals surface area contributed by atoms with Crippen molar-refractivity contribution >= 4 is 17.3 Å². The smallest absolute Gasteiger partial charge is 0.101 e. The highest BCUT2D eigenvalue weighted by Crippen LogP contribution is 2.27. The van der Waals surface area contributed by atoms with Crippen LogP contribution in [0.5, 0.6) is 0 Å². The molecule has 4 nitrogen and oxygen atoms in total. The predicted molar refractivity (Wildman–Crippen MR) is 74.4 cm³/mol. The van der Waals surface area contributed by atoms with Crippen molar-refractivity contribution in [2.75, 3.05) is 31.2 Å². The van der Waals surface area contributed by atoms with Crippen LogP contribution in [0.2, 0.25) is 5.02 Å². The highest BCUT2D eigenvalue weighted by atomic mass is 35.5. The second-order valence-electron chi connectivity index (χ2n) is 4.55. The molecule has 0 saturated carbocycles. The fourth-order valence-corrected chi connectivity index (χ4v) is 2.51. The lowest BCUT2D eigenvalue weighted by Crippen LogP contribution is -2.37. The van der Waals surface area contributed by atoms with E-state index in [0.29, 0.717) is 17.2 Å². The number of anilines is 1. The third-order valence-corrected chi connectivity index (χ3v) is 3.54. The Bertz CT molecular complexity index is 465. The monoisotopic (exact) mass is 280 g/mol. The summed E-state index contributed by atoms with van der Waals surface area (Å²) in [7, 11) is 0. The molecule has 1 heterocycles. The number of hydrogen-bond donors (Lipinski definition) is 1. The summed E-state index contributed by atoms with van der Waals surface area (Å²) in [4.78, 5) is 2.17. The molecule has 1 aliphatic rings. The number of benzene rings is 1. The normalized spacial score (nSPS) is 16.4. The van der Waals surface area contributed by atoms with Crippen molar-refractivity contribution < 1.29 is 9.84 Å². The van der Waals surface area contributed by atoms with Gasteiger partial charge in [-0.3, -0.25) is 0 Å². The molecule has 1 N–H and O–H groups in total. The fraction of sp³-hybridized carbons (Fsp3) is 0.500. The number of piperidine rings is 1. The lowest BCUT2D eigenvalue weighted by atomic mass is 10.1. The molecule has 1 fully saturated rings. The standard InChI is InChI=1S/C14H17ClN2O2/c15-12-2-1-11(10-16)14(9-12)17-5-3-13(4-6-17)19-8-7-18/h1-2,9,13,18H,3-8H2. The lowest BCUT2D eigenvalue weighted by molar-refractivity contribution is 0.0159. The van der Waals surface area contributed by atoms with Crippen LogP contribution < -0.4 is 4.90 Å². The summed E-state index contributed by atoms with van der Waals surface area (Å²) in [5, 5.41) is 18.5. The topological polar surface area (TPSA) is 56.5 Å². The zero-order valence-electron chi connectivity index (χ0n) is 10.7. The maximum atomic E-state index is 9.14. The van der Waals surface area contributed by atoms with Crippen molar-refractivity contribution in [1.29, 1.82) is 5.26 Å². The molecule has 5 heteroatoms. The molecular weight excluding hydrogens is 264 g/mol. The Labute approximate surface area is 118 Å². The van der Waals surface area contributed by atoms with E-state index in [1.807, 2.05) is 6.07 Å². The Hall–Kier alpha value is -1.28. The molecule has 1 aromatic rings. The summed E-state index contributed by atoms with van der Waals surface area (Å²) in [6.45, 7) is 2.13. The van der Waals surface area contributed by atoms with Crippen LogP contribution in [-0.2, 0) is 4.74 Å². The molecule has 102 valence electrons. The van der Waals surface area contributed by atoms with Gasteiger partial charge >= 0.3 is 0 Å². The molecule has 0 unspecified atom stereocenters. The van der Waals surface area contributed by atoms with Crippen molar-refractivity contribution in [3.8, 4) is 6.07 Å². The van der Waals surface area contributed by atoms with Gasteiger partial charge < -0.3 is 14.7 Å². The van der Waals surface area contributed by atoms with E-state index in [9.17, 15) is 0 Å². The molecule has 19 heavy (non-hydrogen) atoms. The van der Waals surface area contributed by atoms with Crippen molar-refractivity contribution in [2.24, 2.45) is 0 Å². The maximum Gasteiger partial charge on any atom is 0.101 e. The molecule has 0 radical (unpaired) electrons. The predicted octanol–water partition coefficient (Wildman–Crippen LogP) is 2.19. The minimum Gasteiger partial charge on any atom is -0.394 e. The number of halogens is 1. The quantitative estimate of drug-likeness (QED) is 0.918. The molecule has 0 aromatic heterocycles. The van der Waals surface area contributed by atoms with Gasteiger partial charge in [0, 0.05) is 18.1 Å². The molecule has 0 amide bonds. The molecule has 0 spiro atoms. The minimum absolute atomic E-state index is 0.0626. The third kappa shape index (κ3) is 3.60. The van der Waals surface area contributed by atoms with Gasteiger partial charge in [0.2, 0.25) is 0 Å². The SMILES string of the molecule is N#Cc1ccc(Cl)cc1N1CCC(OCCO)CC1. The van der Waals surface area contributed by atoms with Gasteiger partial charge in [-0.15, -0.1) is 0 Å². The first-order valence-electron chi connectivity index (χ1n) is 6.41. The first kappa shape index (κ1) is 14.1. The number of nitriles is 1. The van der Waals surface area contributed by atoms with Crippen LogP contribution in [0.4, 0.5) is 5.69 Å². The Balaban J connectivity index is 2.01. The van der Waals surface area contributed by atoms with E-state index in [2.05, 4.69) is 11.0 Å². The summed E-state index contributed by atoms with van der Waals surface area (Å²) in [5.41, 5.74) is 1.55. The second kappa shape index (κ2) is 6.76. The first-order chi connectivity index (χ1) is 9.24. The van der Waals surface area contributed by atoms with Crippen molar-refractivity contribution in [2.45, 2.75) is 18.9 Å². The average molecular weight is 281 g/mol. The zero-order valence-corrected chi connectivity index (χ0v) is 11.4. The zero-order chi connectivity index (χ0) is 13.7. The number of nitrogens with zero attached hydrogens (tertiary/aromatic N) is 2. The van der Waals surface area contributed by atoms with Gasteiger partial charge in [0.05, 0.1) is 30.6 Å². The molecule has 2 rings (SSSR count). The molecule has 1 aromatic carbocycles. The van der Waals surface area contributed by atoms with Gasteiger partial charge in [0.25, 0.3) is 0 Å². The molecule has 0 bridgehead atoms. The van der Waals surface area contributed by atoms with Crippen LogP contribution in [0.25, 0.3) is 0 Å². The fourth-order valence-electron chi connectivity index (χ4n) is 2.34. The van der Waals surface area contributed by atoms with E-state index in [0.717, 1.165) is 31.6 Å². The molecule has 0 aliphatic carbocycles. The number of ether oxygens (including phenoxy) is 1. The Kier molecular flexibility index (Phi) is 5.03. The highest BCUT2D eigenvalue weighted by Gasteiger charge is 2.21. The van der Waals surface area contributed by atoms with Crippen molar-refractivity contribution in [3.05, 3.63) is 28.8 Å². The number of rotatable bonds is 4. The summed E-state index contributed by atoms with van der Waals surface area (Å²) in [5.74, 6) is 0. The Morgan fingerprint density at radius 1 is 1.42 bits per heavy atom. The van der Waals surface area contributed by atoms with Gasteiger partial charge in [-0.05, 0) is 31.0 Å². The summed E-state index contributed by atoms with van der Waals surface area (Å²) in [6, 6.07) is 7.54. The van der Waals surface area contributed by atoms with Gasteiger partial charge in [-0.25, -0.2) is 0 Å². The van der Waals surface area contributed by atoms with E-state index in [1.165, 1.54) is 0 Å². The summed E-state index contributed by atoms with van der Waals surface area (Å²) in [6.07, 6.45) is 2.00. The summed E-state index contributed by atoms with van der Waals surface area (Å²) >= 11 is 6.00. The molecule has 1 aliphatic heterocycles. The van der Waals surface area contributed by atoms with Crippen LogP contribution >= 0.6 is 11.6 Å². The first-order valence-corrected chi connectivity index (χ1v) is 6.79. The van der Waals surface area contributed by atoms with E-state index in [1.54, 1.807) is 12.1 Å². The Morgan fingerprint density at radius 3 is 2.79 bits per heavy atom.